The van der Waals surface area contributed by atoms with Gasteiger partial charge in [-0.05, 0) is 29.8 Å². The summed E-state index contributed by atoms with van der Waals surface area (Å²) < 4.78 is 11.4. The lowest BCUT2D eigenvalue weighted by Gasteiger charge is -2.23. The lowest BCUT2D eigenvalue weighted by Crippen LogP contribution is -2.52. The molecule has 0 aromatic heterocycles. The van der Waals surface area contributed by atoms with E-state index in [-0.39, 0.29) is 19.1 Å². The maximum atomic E-state index is 13.0. The van der Waals surface area contributed by atoms with E-state index >= 15 is 0 Å². The van der Waals surface area contributed by atoms with Crippen LogP contribution in [0.4, 0.5) is 0 Å². The van der Waals surface area contributed by atoms with Crippen molar-refractivity contribution in [3.63, 3.8) is 0 Å². The van der Waals surface area contributed by atoms with Crippen molar-refractivity contribution in [1.29, 1.82) is 0 Å². The minimum Gasteiger partial charge on any atom is -0.494 e. The molecule has 7 nitrogen and oxygen atoms in total. The fourth-order valence-electron chi connectivity index (χ4n) is 3.08. The van der Waals surface area contributed by atoms with E-state index < -0.39 is 5.54 Å². The highest BCUT2D eigenvalue weighted by molar-refractivity contribution is 6.00. The zero-order valence-corrected chi connectivity index (χ0v) is 16.8. The van der Waals surface area contributed by atoms with Crippen molar-refractivity contribution in [2.75, 3.05) is 26.4 Å². The molecule has 0 spiro atoms. The molecule has 2 aromatic rings. The van der Waals surface area contributed by atoms with Crippen molar-refractivity contribution < 1.29 is 19.4 Å². The smallest absolute Gasteiger partial charge is 0.266 e. The second-order valence-electron chi connectivity index (χ2n) is 6.97. The van der Waals surface area contributed by atoms with Gasteiger partial charge < -0.3 is 14.6 Å². The Morgan fingerprint density at radius 2 is 2.00 bits per heavy atom. The summed E-state index contributed by atoms with van der Waals surface area (Å²) in [5.41, 5.74) is 6.24. The van der Waals surface area contributed by atoms with E-state index in [2.05, 4.69) is 17.4 Å². The Balaban J connectivity index is 1.79. The van der Waals surface area contributed by atoms with Crippen LogP contribution in [0.1, 0.15) is 17.5 Å². The molecule has 3 N–H and O–H groups in total. The first-order valence-electron chi connectivity index (χ1n) is 9.92. The number of aliphatic hydroxyl groups is 1. The van der Waals surface area contributed by atoms with Gasteiger partial charge in [0.15, 0.2) is 5.54 Å². The molecule has 2 aromatic carbocycles. The van der Waals surface area contributed by atoms with Gasteiger partial charge in [0.2, 0.25) is 5.90 Å². The predicted molar refractivity (Wildman–Crippen MR) is 115 cm³/mol. The molecule has 0 bridgehead atoms. The third kappa shape index (κ3) is 5.46. The number of carbonyl (C=O) groups is 1. The molecule has 0 unspecified atom stereocenters. The topological polar surface area (TPSA) is 92.2 Å². The first-order chi connectivity index (χ1) is 14.7. The maximum absolute atomic E-state index is 13.0. The lowest BCUT2D eigenvalue weighted by molar-refractivity contribution is -0.127. The Hall–Kier alpha value is -3.16. The molecule has 0 aliphatic carbocycles. The fourth-order valence-corrected chi connectivity index (χ4v) is 3.08. The number of nitrogens with one attached hydrogen (secondary N) is 2. The largest absolute Gasteiger partial charge is 0.494 e. The summed E-state index contributed by atoms with van der Waals surface area (Å²) >= 11 is 0. The molecule has 1 aliphatic rings. The fraction of sp³-hybridized carbons (Fsp3) is 0.304. The molecule has 1 amide bonds. The molecule has 0 saturated heterocycles. The Labute approximate surface area is 176 Å². The van der Waals surface area contributed by atoms with Crippen LogP contribution in [0.5, 0.6) is 5.75 Å². The zero-order valence-electron chi connectivity index (χ0n) is 16.8. The van der Waals surface area contributed by atoms with Gasteiger partial charge in [-0.1, -0.05) is 36.4 Å². The molecule has 1 heterocycles. The first-order valence-corrected chi connectivity index (χ1v) is 9.92. The van der Waals surface area contributed by atoms with Gasteiger partial charge in [-0.2, -0.15) is 0 Å². The molecule has 30 heavy (non-hydrogen) atoms. The number of aliphatic hydroxyl groups excluding tert-OH is 1. The number of hydrazine groups is 1. The molecule has 0 saturated carbocycles. The molecule has 0 fully saturated rings. The summed E-state index contributed by atoms with van der Waals surface area (Å²) in [7, 11) is 0. The van der Waals surface area contributed by atoms with Crippen LogP contribution in [-0.4, -0.2) is 48.8 Å². The Kier molecular flexibility index (Phi) is 7.59. The molecular formula is C23H27N3O4. The van der Waals surface area contributed by atoms with Gasteiger partial charge in [-0.3, -0.25) is 10.2 Å². The maximum Gasteiger partial charge on any atom is 0.266 e. The molecule has 0 radical (unpaired) electrons. The molecular weight excluding hydrogens is 382 g/mol. The number of carbonyl (C=O) groups excluding carboxylic acids is 1. The quantitative estimate of drug-likeness (QED) is 0.300. The zero-order chi connectivity index (χ0) is 21.2. The first kappa shape index (κ1) is 21.5. The second kappa shape index (κ2) is 10.6. The van der Waals surface area contributed by atoms with E-state index in [1.54, 1.807) is 6.08 Å². The van der Waals surface area contributed by atoms with Gasteiger partial charge in [0.25, 0.3) is 5.91 Å². The van der Waals surface area contributed by atoms with Crippen LogP contribution in [0.15, 0.2) is 72.2 Å². The summed E-state index contributed by atoms with van der Waals surface area (Å²) in [6, 6.07) is 17.1. The van der Waals surface area contributed by atoms with Crippen molar-refractivity contribution in [3.8, 4) is 5.75 Å². The summed E-state index contributed by atoms with van der Waals surface area (Å²) in [5.74, 6) is 0.867. The van der Waals surface area contributed by atoms with E-state index in [0.717, 1.165) is 11.1 Å². The van der Waals surface area contributed by atoms with E-state index in [1.807, 2.05) is 54.6 Å². The van der Waals surface area contributed by atoms with E-state index in [0.29, 0.717) is 37.6 Å². The van der Waals surface area contributed by atoms with Crippen molar-refractivity contribution in [2.24, 2.45) is 4.99 Å². The average Bonchev–Trinajstić information content (AvgIpc) is 3.20. The summed E-state index contributed by atoms with van der Waals surface area (Å²) in [4.78, 5) is 17.7. The van der Waals surface area contributed by atoms with Gasteiger partial charge in [0.05, 0.1) is 6.61 Å². The SMILES string of the molecule is C=CCNNC(=O)[C@]1(Cc2ccccc2)COC(c2ccc(OCCCO)cc2)=N1. The normalized spacial score (nSPS) is 17.7. The van der Waals surface area contributed by atoms with Gasteiger partial charge in [0.1, 0.15) is 12.4 Å². The van der Waals surface area contributed by atoms with Crippen molar-refractivity contribution in [2.45, 2.75) is 18.4 Å². The van der Waals surface area contributed by atoms with E-state index in [9.17, 15) is 4.79 Å². The van der Waals surface area contributed by atoms with Crippen LogP contribution in [-0.2, 0) is 16.0 Å². The van der Waals surface area contributed by atoms with Crippen molar-refractivity contribution >= 4 is 11.8 Å². The number of aliphatic imine (C=N–C) groups is 1. The second-order valence-corrected chi connectivity index (χ2v) is 6.97. The predicted octanol–water partition coefficient (Wildman–Crippen LogP) is 2.01. The number of rotatable bonds is 11. The summed E-state index contributed by atoms with van der Waals surface area (Å²) in [6.45, 7) is 4.77. The Morgan fingerprint density at radius 3 is 2.70 bits per heavy atom. The van der Waals surface area contributed by atoms with E-state index in [4.69, 9.17) is 19.6 Å². The highest BCUT2D eigenvalue weighted by Crippen LogP contribution is 2.27. The molecule has 1 atom stereocenters. The van der Waals surface area contributed by atoms with Crippen molar-refractivity contribution in [1.82, 2.24) is 10.9 Å². The summed E-state index contributed by atoms with van der Waals surface area (Å²) in [5, 5.41) is 8.85. The Bertz CT molecular complexity index is 868. The van der Waals surface area contributed by atoms with Crippen LogP contribution >= 0.6 is 0 Å². The van der Waals surface area contributed by atoms with Gasteiger partial charge in [0, 0.05) is 31.6 Å². The Morgan fingerprint density at radius 1 is 1.23 bits per heavy atom. The minimum absolute atomic E-state index is 0.0932. The number of nitrogens with zero attached hydrogens (tertiary/aromatic N) is 1. The molecule has 158 valence electrons. The van der Waals surface area contributed by atoms with Gasteiger partial charge in [-0.15, -0.1) is 6.58 Å². The molecule has 3 rings (SSSR count). The van der Waals surface area contributed by atoms with E-state index in [1.165, 1.54) is 0 Å². The molecule has 1 aliphatic heterocycles. The summed E-state index contributed by atoms with van der Waals surface area (Å²) in [6.07, 6.45) is 2.66. The van der Waals surface area contributed by atoms with Gasteiger partial charge in [-0.25, -0.2) is 10.4 Å². The van der Waals surface area contributed by atoms with Crippen LogP contribution in [0, 0.1) is 0 Å². The van der Waals surface area contributed by atoms with Gasteiger partial charge >= 0.3 is 0 Å². The lowest BCUT2D eigenvalue weighted by atomic mass is 9.91. The number of ether oxygens (including phenoxy) is 2. The van der Waals surface area contributed by atoms with Crippen LogP contribution in [0.3, 0.4) is 0 Å². The number of hydrogen-bond acceptors (Lipinski definition) is 6. The number of amides is 1. The number of hydrogen-bond donors (Lipinski definition) is 3. The molecule has 7 heteroatoms. The van der Waals surface area contributed by atoms with Crippen LogP contribution in [0.25, 0.3) is 0 Å². The third-order valence-electron chi connectivity index (χ3n) is 4.65. The minimum atomic E-state index is -1.07. The van der Waals surface area contributed by atoms with Crippen LogP contribution in [0.2, 0.25) is 0 Å². The van der Waals surface area contributed by atoms with Crippen LogP contribution < -0.4 is 15.6 Å². The highest BCUT2D eigenvalue weighted by atomic mass is 16.5. The standard InChI is InChI=1S/C23H27N3O4/c1-2-13-24-26-22(28)23(16-18-7-4-3-5-8-18)17-30-21(25-23)19-9-11-20(12-10-19)29-15-6-14-27/h2-5,7-12,24,27H,1,6,13-17H2,(H,26,28)/t23-/m0/s1. The highest BCUT2D eigenvalue weighted by Gasteiger charge is 2.44. The number of benzene rings is 2. The third-order valence-corrected chi connectivity index (χ3v) is 4.65. The average molecular weight is 409 g/mol. The van der Waals surface area contributed by atoms with Crippen molar-refractivity contribution in [3.05, 3.63) is 78.4 Å². The monoisotopic (exact) mass is 409 g/mol.